The Labute approximate surface area is 135 Å². The molecular weight excluding hydrogens is 298 g/mol. The second-order valence-electron chi connectivity index (χ2n) is 6.66. The number of carbonyl (C=O) groups is 2. The second-order valence-corrected chi connectivity index (χ2v) is 6.66. The van der Waals surface area contributed by atoms with Crippen molar-refractivity contribution in [3.8, 4) is 11.5 Å². The minimum absolute atomic E-state index is 0.177. The van der Waals surface area contributed by atoms with E-state index in [2.05, 4.69) is 0 Å². The number of ether oxygens (including phenoxy) is 2. The molecule has 0 spiro atoms. The monoisotopic (exact) mass is 319 g/mol. The lowest BCUT2D eigenvalue weighted by Crippen LogP contribution is -2.42. The summed E-state index contributed by atoms with van der Waals surface area (Å²) in [7, 11) is 0. The van der Waals surface area contributed by atoms with Crippen molar-refractivity contribution in [3.63, 3.8) is 0 Å². The smallest absolute Gasteiger partial charge is 0.326 e. The fraction of sp³-hybridized carbons (Fsp3) is 0.529. The molecule has 0 bridgehead atoms. The normalized spacial score (nSPS) is 21.7. The van der Waals surface area contributed by atoms with Crippen LogP contribution < -0.4 is 9.47 Å². The van der Waals surface area contributed by atoms with Crippen molar-refractivity contribution < 1.29 is 24.2 Å². The van der Waals surface area contributed by atoms with Gasteiger partial charge in [-0.05, 0) is 32.8 Å². The predicted octanol–water partition coefficient (Wildman–Crippen LogP) is 1.85. The zero-order valence-electron chi connectivity index (χ0n) is 13.4. The van der Waals surface area contributed by atoms with E-state index in [1.54, 1.807) is 6.07 Å². The van der Waals surface area contributed by atoms with E-state index in [0.717, 1.165) is 12.0 Å². The number of carbonyl (C=O) groups excluding carboxylic acids is 1. The Balaban J connectivity index is 1.67. The van der Waals surface area contributed by atoms with Crippen LogP contribution in [0.15, 0.2) is 18.2 Å². The molecule has 1 aromatic carbocycles. The first kappa shape index (κ1) is 15.6. The van der Waals surface area contributed by atoms with Crippen LogP contribution in [0, 0.1) is 0 Å². The summed E-state index contributed by atoms with van der Waals surface area (Å²) >= 11 is 0. The number of aliphatic carboxylic acids is 1. The molecule has 124 valence electrons. The molecule has 1 N–H and O–H groups in total. The van der Waals surface area contributed by atoms with Gasteiger partial charge in [0.1, 0.15) is 11.6 Å². The molecule has 0 saturated carbocycles. The Kier molecular flexibility index (Phi) is 3.92. The first-order valence-corrected chi connectivity index (χ1v) is 7.83. The lowest BCUT2D eigenvalue weighted by molar-refractivity contribution is -0.149. The van der Waals surface area contributed by atoms with Crippen molar-refractivity contribution >= 4 is 11.9 Å². The highest BCUT2D eigenvalue weighted by Crippen LogP contribution is 2.41. The van der Waals surface area contributed by atoms with Crippen molar-refractivity contribution in [1.82, 2.24) is 4.90 Å². The van der Waals surface area contributed by atoms with Crippen LogP contribution in [0.25, 0.3) is 0 Å². The molecule has 3 rings (SSSR count). The topological polar surface area (TPSA) is 76.1 Å². The van der Waals surface area contributed by atoms with Gasteiger partial charge in [-0.2, -0.15) is 0 Å². The molecular formula is C17H21NO5. The maximum atomic E-state index is 12.3. The minimum Gasteiger partial charge on any atom is -0.483 e. The predicted molar refractivity (Wildman–Crippen MR) is 82.7 cm³/mol. The SMILES string of the molecule is CC1(C)Cc2cccc(OCC(=O)N3CCCC3C(=O)O)c2O1. The molecule has 2 aliphatic heterocycles. The van der Waals surface area contributed by atoms with Crippen LogP contribution in [-0.2, 0) is 16.0 Å². The van der Waals surface area contributed by atoms with Crippen LogP contribution in [-0.4, -0.2) is 46.7 Å². The fourth-order valence-corrected chi connectivity index (χ4v) is 3.25. The third-order valence-corrected chi connectivity index (χ3v) is 4.26. The Hall–Kier alpha value is -2.24. The summed E-state index contributed by atoms with van der Waals surface area (Å²) in [6.07, 6.45) is 2.00. The number of fused-ring (bicyclic) bond motifs is 1. The molecule has 23 heavy (non-hydrogen) atoms. The number of likely N-dealkylation sites (tertiary alicyclic amines) is 1. The molecule has 1 atom stereocenters. The molecule has 1 unspecified atom stereocenters. The van der Waals surface area contributed by atoms with E-state index in [0.29, 0.717) is 30.9 Å². The molecule has 6 heteroatoms. The van der Waals surface area contributed by atoms with Crippen LogP contribution in [0.5, 0.6) is 11.5 Å². The van der Waals surface area contributed by atoms with E-state index in [1.807, 2.05) is 26.0 Å². The van der Waals surface area contributed by atoms with Gasteiger partial charge < -0.3 is 19.5 Å². The van der Waals surface area contributed by atoms with Crippen LogP contribution in [0.4, 0.5) is 0 Å². The van der Waals surface area contributed by atoms with Crippen LogP contribution in [0.1, 0.15) is 32.3 Å². The number of carboxylic acid groups (broad SMARTS) is 1. The standard InChI is InChI=1S/C17H21NO5/c1-17(2)9-11-5-3-7-13(15(11)23-17)22-10-14(19)18-8-4-6-12(18)16(20)21/h3,5,7,12H,4,6,8-10H2,1-2H3,(H,20,21). The molecule has 0 aromatic heterocycles. The van der Waals surface area contributed by atoms with Gasteiger partial charge in [0.15, 0.2) is 18.1 Å². The largest absolute Gasteiger partial charge is 0.483 e. The van der Waals surface area contributed by atoms with Crippen LogP contribution >= 0.6 is 0 Å². The maximum Gasteiger partial charge on any atom is 0.326 e. The number of rotatable bonds is 4. The summed E-state index contributed by atoms with van der Waals surface area (Å²) < 4.78 is 11.5. The molecule has 1 saturated heterocycles. The number of carboxylic acids is 1. The van der Waals surface area contributed by atoms with Crippen molar-refractivity contribution in [2.45, 2.75) is 44.8 Å². The summed E-state index contributed by atoms with van der Waals surface area (Å²) in [6, 6.07) is 4.90. The zero-order valence-corrected chi connectivity index (χ0v) is 13.4. The molecule has 6 nitrogen and oxygen atoms in total. The van der Waals surface area contributed by atoms with Crippen molar-refractivity contribution in [2.24, 2.45) is 0 Å². The van der Waals surface area contributed by atoms with Crippen LogP contribution in [0.2, 0.25) is 0 Å². The Morgan fingerprint density at radius 2 is 2.22 bits per heavy atom. The van der Waals surface area contributed by atoms with Gasteiger partial charge in [-0.1, -0.05) is 12.1 Å². The van der Waals surface area contributed by atoms with Gasteiger partial charge in [-0.15, -0.1) is 0 Å². The van der Waals surface area contributed by atoms with Gasteiger partial charge in [-0.3, -0.25) is 4.79 Å². The highest BCUT2D eigenvalue weighted by molar-refractivity contribution is 5.85. The highest BCUT2D eigenvalue weighted by Gasteiger charge is 2.35. The number of hydrogen-bond acceptors (Lipinski definition) is 4. The minimum atomic E-state index is -0.957. The van der Waals surface area contributed by atoms with E-state index in [1.165, 1.54) is 4.90 Å². The molecule has 0 radical (unpaired) electrons. The number of amides is 1. The average molecular weight is 319 g/mol. The highest BCUT2D eigenvalue weighted by atomic mass is 16.5. The lowest BCUT2D eigenvalue weighted by atomic mass is 10.0. The van der Waals surface area contributed by atoms with E-state index in [-0.39, 0.29) is 18.1 Å². The first-order valence-electron chi connectivity index (χ1n) is 7.83. The summed E-state index contributed by atoms with van der Waals surface area (Å²) in [6.45, 7) is 4.30. The summed E-state index contributed by atoms with van der Waals surface area (Å²) in [5.74, 6) is -0.0414. The third kappa shape index (κ3) is 3.11. The maximum absolute atomic E-state index is 12.3. The van der Waals surface area contributed by atoms with Gasteiger partial charge >= 0.3 is 5.97 Å². The van der Waals surface area contributed by atoms with Crippen molar-refractivity contribution in [2.75, 3.05) is 13.2 Å². The fourth-order valence-electron chi connectivity index (χ4n) is 3.25. The van der Waals surface area contributed by atoms with Crippen molar-refractivity contribution in [1.29, 1.82) is 0 Å². The third-order valence-electron chi connectivity index (χ3n) is 4.26. The van der Waals surface area contributed by atoms with Gasteiger partial charge in [-0.25, -0.2) is 4.79 Å². The summed E-state index contributed by atoms with van der Waals surface area (Å²) in [5, 5.41) is 9.15. The van der Waals surface area contributed by atoms with E-state index in [4.69, 9.17) is 14.6 Å². The number of hydrogen-bond donors (Lipinski definition) is 1. The number of benzene rings is 1. The molecule has 1 aromatic rings. The Morgan fingerprint density at radius 1 is 1.43 bits per heavy atom. The Bertz CT molecular complexity index is 640. The lowest BCUT2D eigenvalue weighted by Gasteiger charge is -2.22. The van der Waals surface area contributed by atoms with Gasteiger partial charge in [0.05, 0.1) is 0 Å². The van der Waals surface area contributed by atoms with Gasteiger partial charge in [0.2, 0.25) is 0 Å². The number of para-hydroxylation sites is 1. The quantitative estimate of drug-likeness (QED) is 0.916. The van der Waals surface area contributed by atoms with E-state index in [9.17, 15) is 9.59 Å². The average Bonchev–Trinajstić information content (AvgIpc) is 3.07. The van der Waals surface area contributed by atoms with E-state index >= 15 is 0 Å². The molecule has 2 aliphatic rings. The van der Waals surface area contributed by atoms with Crippen molar-refractivity contribution in [3.05, 3.63) is 23.8 Å². The first-order chi connectivity index (χ1) is 10.9. The molecule has 0 aliphatic carbocycles. The van der Waals surface area contributed by atoms with Gasteiger partial charge in [0.25, 0.3) is 5.91 Å². The Morgan fingerprint density at radius 3 is 2.96 bits per heavy atom. The molecule has 1 fully saturated rings. The molecule has 2 heterocycles. The summed E-state index contributed by atoms with van der Waals surface area (Å²) in [4.78, 5) is 24.8. The molecule has 1 amide bonds. The van der Waals surface area contributed by atoms with Crippen LogP contribution in [0.3, 0.4) is 0 Å². The van der Waals surface area contributed by atoms with E-state index < -0.39 is 12.0 Å². The second kappa shape index (κ2) is 5.76. The zero-order chi connectivity index (χ0) is 16.6. The summed E-state index contributed by atoms with van der Waals surface area (Å²) in [5.41, 5.74) is 0.777. The number of nitrogens with zero attached hydrogens (tertiary/aromatic N) is 1. The van der Waals surface area contributed by atoms with Gasteiger partial charge in [0, 0.05) is 18.5 Å².